The highest BCUT2D eigenvalue weighted by molar-refractivity contribution is 7.90. The Labute approximate surface area is 434 Å². The van der Waals surface area contributed by atoms with E-state index in [0.29, 0.717) is 85.5 Å². The first-order valence-corrected chi connectivity index (χ1v) is 27.8. The smallest absolute Gasteiger partial charge is 0.329 e. The molecule has 0 aliphatic carbocycles. The lowest BCUT2D eigenvalue weighted by molar-refractivity contribution is -0.135. The summed E-state index contributed by atoms with van der Waals surface area (Å²) in [5.41, 5.74) is 4.37. The highest BCUT2D eigenvalue weighted by Gasteiger charge is 2.32. The number of halogens is 1. The summed E-state index contributed by atoms with van der Waals surface area (Å²) >= 11 is 1.19. The van der Waals surface area contributed by atoms with Crippen LogP contribution in [-0.2, 0) is 47.3 Å². The number of hydrogen-bond donors (Lipinski definition) is 4. The van der Waals surface area contributed by atoms with Crippen LogP contribution < -0.4 is 31.9 Å². The molecule has 2 aliphatic rings. The molecule has 3 aromatic carbocycles. The number of benzene rings is 3. The van der Waals surface area contributed by atoms with E-state index < -0.39 is 50.9 Å². The fraction of sp³-hybridized carbons (Fsp3) is 0.472. The second-order valence-electron chi connectivity index (χ2n) is 19.5. The first kappa shape index (κ1) is 54.0. The van der Waals surface area contributed by atoms with Crippen LogP contribution in [0.25, 0.3) is 33.2 Å². The van der Waals surface area contributed by atoms with Crippen molar-refractivity contribution in [3.8, 4) is 11.3 Å². The zero-order valence-electron chi connectivity index (χ0n) is 42.5. The Morgan fingerprint density at radius 2 is 1.68 bits per heavy atom. The topological polar surface area (TPSA) is 217 Å². The number of hydrogen-bond acceptors (Lipinski definition) is 13. The average molecular weight is 1060 g/mol. The van der Waals surface area contributed by atoms with Gasteiger partial charge in [0.15, 0.2) is 5.13 Å². The fourth-order valence-electron chi connectivity index (χ4n) is 9.82. The number of aryl methyl sites for hydroxylation is 2. The van der Waals surface area contributed by atoms with Crippen LogP contribution in [0.1, 0.15) is 101 Å². The summed E-state index contributed by atoms with van der Waals surface area (Å²) in [5, 5.41) is 13.3. The van der Waals surface area contributed by atoms with Gasteiger partial charge >= 0.3 is 5.69 Å². The summed E-state index contributed by atoms with van der Waals surface area (Å²) in [6.07, 6.45) is 6.48. The van der Waals surface area contributed by atoms with Gasteiger partial charge in [0.1, 0.15) is 17.9 Å². The van der Waals surface area contributed by atoms with Crippen molar-refractivity contribution in [3.63, 3.8) is 0 Å². The molecule has 21 heteroatoms. The van der Waals surface area contributed by atoms with Gasteiger partial charge in [-0.05, 0) is 128 Å². The van der Waals surface area contributed by atoms with Gasteiger partial charge in [-0.15, -0.1) is 11.3 Å². The highest BCUT2D eigenvalue weighted by Crippen LogP contribution is 2.32. The summed E-state index contributed by atoms with van der Waals surface area (Å²) < 4.78 is 57.8. The number of unbranched alkanes of at least 4 members (excludes halogenated alkanes) is 2. The summed E-state index contributed by atoms with van der Waals surface area (Å²) in [7, 11) is -2.12. The molecular formula is C53H66FN9O9S2. The second kappa shape index (κ2) is 24.0. The van der Waals surface area contributed by atoms with E-state index in [1.165, 1.54) is 34.2 Å². The Hall–Kier alpha value is -6.26. The maximum Gasteiger partial charge on any atom is 0.329 e. The van der Waals surface area contributed by atoms with E-state index in [-0.39, 0.29) is 53.8 Å². The molecule has 0 saturated carbocycles. The van der Waals surface area contributed by atoms with Gasteiger partial charge in [-0.3, -0.25) is 33.6 Å². The van der Waals surface area contributed by atoms with Crippen LogP contribution in [0.4, 0.5) is 15.2 Å². The van der Waals surface area contributed by atoms with Crippen molar-refractivity contribution in [2.45, 2.75) is 115 Å². The van der Waals surface area contributed by atoms with E-state index in [1.54, 1.807) is 55.1 Å². The molecule has 2 fully saturated rings. The molecule has 4 amide bonds. The van der Waals surface area contributed by atoms with Crippen molar-refractivity contribution in [2.75, 3.05) is 49.6 Å². The van der Waals surface area contributed by atoms with Gasteiger partial charge < -0.3 is 30.3 Å². The minimum atomic E-state index is -3.82. The number of imide groups is 1. The third-order valence-corrected chi connectivity index (χ3v) is 16.3. The molecule has 0 radical (unpaired) electrons. The third kappa shape index (κ3) is 12.5. The van der Waals surface area contributed by atoms with E-state index in [1.807, 2.05) is 38.1 Å². The van der Waals surface area contributed by atoms with Crippen molar-refractivity contribution in [1.82, 2.24) is 34.0 Å². The molecule has 8 rings (SSSR count). The van der Waals surface area contributed by atoms with Crippen LogP contribution in [0.5, 0.6) is 0 Å². The highest BCUT2D eigenvalue weighted by atomic mass is 32.2. The van der Waals surface area contributed by atoms with E-state index >= 15 is 4.39 Å². The summed E-state index contributed by atoms with van der Waals surface area (Å²) in [5.74, 6) is -2.29. The predicted molar refractivity (Wildman–Crippen MR) is 285 cm³/mol. The van der Waals surface area contributed by atoms with Crippen LogP contribution in [0.2, 0.25) is 0 Å². The summed E-state index contributed by atoms with van der Waals surface area (Å²) in [6.45, 7) is 10.9. The van der Waals surface area contributed by atoms with Gasteiger partial charge in [-0.25, -0.2) is 26.6 Å². The van der Waals surface area contributed by atoms with E-state index in [4.69, 9.17) is 9.47 Å². The molecule has 0 bridgehead atoms. The first-order valence-electron chi connectivity index (χ1n) is 25.4. The van der Waals surface area contributed by atoms with Gasteiger partial charge in [0.2, 0.25) is 27.7 Å². The van der Waals surface area contributed by atoms with Crippen LogP contribution in [-0.4, -0.2) is 113 Å². The van der Waals surface area contributed by atoms with Crippen LogP contribution >= 0.6 is 11.3 Å². The van der Waals surface area contributed by atoms with Gasteiger partial charge in [0.05, 0.1) is 45.3 Å². The SMILES string of the molecule is CC(C)S(=O)(=O)n1cc(C(=O)N[C@@H](CCCCNCCCCOCCCc2cccc3c2n(C)c(=O)n3C2CCC(=O)NC2=O)C(=O)Nc2nc(-c3cc(F)cc(N4C[C@@H](C)O[C@@H](C)C4)c3)cs2)c2ccccc21. The van der Waals surface area contributed by atoms with Gasteiger partial charge in [-0.2, -0.15) is 0 Å². The quantitative estimate of drug-likeness (QED) is 0.0392. The average Bonchev–Trinajstić information content (AvgIpc) is 4.07. The molecule has 2 saturated heterocycles. The Morgan fingerprint density at radius 3 is 2.43 bits per heavy atom. The molecule has 0 spiro atoms. The molecule has 4 N–H and O–H groups in total. The maximum atomic E-state index is 15.0. The summed E-state index contributed by atoms with van der Waals surface area (Å²) in [4.78, 5) is 72.5. The van der Waals surface area contributed by atoms with Crippen molar-refractivity contribution in [1.29, 1.82) is 0 Å². The number of imidazole rings is 1. The maximum absolute atomic E-state index is 15.0. The Bertz CT molecular complexity index is 3170. The second-order valence-corrected chi connectivity index (χ2v) is 22.7. The Morgan fingerprint density at radius 1 is 0.946 bits per heavy atom. The molecule has 2 aliphatic heterocycles. The number of carbonyl (C=O) groups is 4. The number of nitrogens with one attached hydrogen (secondary N) is 4. The lowest BCUT2D eigenvalue weighted by Gasteiger charge is -2.37. The Kier molecular flexibility index (Phi) is 17.5. The molecule has 1 unspecified atom stereocenters. The Balaban J connectivity index is 0.826. The van der Waals surface area contributed by atoms with Crippen LogP contribution in [0.3, 0.4) is 0 Å². The lowest BCUT2D eigenvalue weighted by Crippen LogP contribution is -2.45. The number of piperidine rings is 1. The molecule has 4 atom stereocenters. The van der Waals surface area contributed by atoms with E-state index in [0.717, 1.165) is 40.9 Å². The number of ether oxygens (including phenoxy) is 2. The number of aromatic nitrogens is 4. The van der Waals surface area contributed by atoms with Gasteiger partial charge in [0.25, 0.3) is 5.91 Å². The first-order chi connectivity index (χ1) is 35.5. The normalized spacial score (nSPS) is 17.8. The molecule has 74 heavy (non-hydrogen) atoms. The van der Waals surface area contributed by atoms with Crippen molar-refractivity contribution >= 4 is 77.7 Å². The lowest BCUT2D eigenvalue weighted by atomic mass is 10.0. The molecule has 5 heterocycles. The number of thiazole rings is 1. The molecule has 6 aromatic rings. The number of carbonyl (C=O) groups excluding carboxylic acids is 4. The van der Waals surface area contributed by atoms with Gasteiger partial charge in [-0.1, -0.05) is 30.3 Å². The van der Waals surface area contributed by atoms with Crippen LogP contribution in [0, 0.1) is 5.82 Å². The minimum absolute atomic E-state index is 0.0168. The largest absolute Gasteiger partial charge is 0.381 e. The van der Waals surface area contributed by atoms with Crippen molar-refractivity contribution < 1.29 is 41.5 Å². The number of fused-ring (bicyclic) bond motifs is 2. The predicted octanol–water partition coefficient (Wildman–Crippen LogP) is 6.66. The number of rotatable bonds is 23. The number of morpholine rings is 1. The number of amides is 4. The zero-order valence-corrected chi connectivity index (χ0v) is 44.2. The third-order valence-electron chi connectivity index (χ3n) is 13.5. The fourth-order valence-corrected chi connectivity index (χ4v) is 11.7. The van der Waals surface area contributed by atoms with E-state index in [9.17, 15) is 32.4 Å². The number of nitrogens with zero attached hydrogens (tertiary/aromatic N) is 5. The molecular weight excluding hydrogens is 990 g/mol. The molecule has 3 aromatic heterocycles. The van der Waals surface area contributed by atoms with Crippen LogP contribution in [0.15, 0.2) is 77.0 Å². The summed E-state index contributed by atoms with van der Waals surface area (Å²) in [6, 6.07) is 15.5. The van der Waals surface area contributed by atoms with E-state index in [2.05, 4.69) is 31.2 Å². The molecule has 396 valence electrons. The minimum Gasteiger partial charge on any atom is -0.381 e. The number of para-hydroxylation sites is 2. The van der Waals surface area contributed by atoms with Gasteiger partial charge in [0, 0.05) is 68.0 Å². The monoisotopic (exact) mass is 1060 g/mol. The van der Waals surface area contributed by atoms with Crippen molar-refractivity contribution in [3.05, 3.63) is 99.7 Å². The number of anilines is 2. The van der Waals surface area contributed by atoms with Crippen molar-refractivity contribution in [2.24, 2.45) is 7.05 Å². The standard InChI is InChI=1S/C53H66FN9O9S2/c1-33(2)74(69,70)62-31-41(40-16-6-7-18-44(40)62)49(65)56-42(50(66)59-52-57-43(32-73-52)37-26-38(54)28-39(27-37)61-29-34(3)72-35(4)30-61)17-8-9-22-55-23-10-11-24-71-25-13-15-36-14-12-19-45-48(36)60(5)53(68)63(45)46-20-21-47(64)58-51(46)67/h6-7,12,14,16,18-19,26-28,31-35,42,46,55H,8-11,13,15,17,20-25,29-30H2,1-5H3,(H,56,65)(H,57,59,66)(H,58,64,67)/t34-,35+,42-,46?/m0/s1. The molecule has 18 nitrogen and oxygen atoms in total. The zero-order chi connectivity index (χ0) is 52.7.